The molecule has 2 saturated carbocycles. The average molecular weight is 325 g/mol. The summed E-state index contributed by atoms with van der Waals surface area (Å²) in [5, 5.41) is 0. The number of amides is 1. The quantitative estimate of drug-likeness (QED) is 0.772. The molecule has 2 aliphatic rings. The molecular weight excluding hydrogens is 302 g/mol. The van der Waals surface area contributed by atoms with Gasteiger partial charge in [0.2, 0.25) is 5.91 Å². The zero-order chi connectivity index (χ0) is 16.0. The lowest BCUT2D eigenvalue weighted by molar-refractivity contribution is -0.135. The fourth-order valence-electron chi connectivity index (χ4n) is 3.27. The Morgan fingerprint density at radius 1 is 1.45 bits per heavy atom. The smallest absolute Gasteiger partial charge is 0.224 e. The van der Waals surface area contributed by atoms with Crippen LogP contribution >= 0.6 is 0 Å². The number of hydrogen-bond acceptors (Lipinski definition) is 4. The van der Waals surface area contributed by atoms with E-state index < -0.39 is 9.84 Å². The minimum absolute atomic E-state index is 0.0625. The van der Waals surface area contributed by atoms with Crippen LogP contribution in [-0.4, -0.2) is 37.3 Å². The van der Waals surface area contributed by atoms with E-state index in [9.17, 15) is 13.2 Å². The van der Waals surface area contributed by atoms with Crippen molar-refractivity contribution in [1.29, 1.82) is 0 Å². The Kier molecular flexibility index (Phi) is 3.83. The van der Waals surface area contributed by atoms with Gasteiger partial charge in [0, 0.05) is 18.7 Å². The van der Waals surface area contributed by atoms with Crippen molar-refractivity contribution >= 4 is 15.7 Å². The molecule has 0 bridgehead atoms. The first-order valence-electron chi connectivity index (χ1n) is 7.82. The van der Waals surface area contributed by atoms with Gasteiger partial charge in [0.1, 0.15) is 15.6 Å². The Morgan fingerprint density at radius 2 is 2.14 bits per heavy atom. The highest BCUT2D eigenvalue weighted by molar-refractivity contribution is 7.90. The van der Waals surface area contributed by atoms with E-state index in [0.717, 1.165) is 31.4 Å². The van der Waals surface area contributed by atoms with Crippen molar-refractivity contribution in [2.45, 2.75) is 51.1 Å². The first-order chi connectivity index (χ1) is 10.3. The number of hydrogen-bond donors (Lipinski definition) is 0. The molecule has 1 aromatic rings. The summed E-state index contributed by atoms with van der Waals surface area (Å²) in [6.45, 7) is 1.98. The van der Waals surface area contributed by atoms with E-state index in [1.807, 2.05) is 24.0 Å². The predicted octanol–water partition coefficient (Wildman–Crippen LogP) is 2.55. The second-order valence-electron chi connectivity index (χ2n) is 6.97. The van der Waals surface area contributed by atoms with E-state index in [0.29, 0.717) is 6.42 Å². The zero-order valence-electron chi connectivity index (χ0n) is 13.1. The summed E-state index contributed by atoms with van der Waals surface area (Å²) in [5.74, 6) is 0.972. The fraction of sp³-hybridized carbons (Fsp3) is 0.688. The number of carbonyl (C=O) groups excluding carboxylic acids is 1. The van der Waals surface area contributed by atoms with Gasteiger partial charge in [0.05, 0.1) is 18.1 Å². The molecule has 6 heteroatoms. The van der Waals surface area contributed by atoms with Crippen LogP contribution in [0.4, 0.5) is 0 Å². The number of rotatable bonds is 7. The van der Waals surface area contributed by atoms with Gasteiger partial charge < -0.3 is 9.32 Å². The van der Waals surface area contributed by atoms with Crippen LogP contribution in [0.1, 0.15) is 50.8 Å². The number of nitrogens with zero attached hydrogens (tertiary/aromatic N) is 1. The van der Waals surface area contributed by atoms with Crippen molar-refractivity contribution in [1.82, 2.24) is 4.90 Å². The maximum absolute atomic E-state index is 12.8. The van der Waals surface area contributed by atoms with Crippen molar-refractivity contribution in [3.05, 3.63) is 24.2 Å². The predicted molar refractivity (Wildman–Crippen MR) is 83.0 cm³/mol. The third-order valence-corrected chi connectivity index (χ3v) is 5.79. The molecule has 1 aromatic heterocycles. The Labute approximate surface area is 131 Å². The fourth-order valence-corrected chi connectivity index (χ4v) is 4.77. The van der Waals surface area contributed by atoms with Gasteiger partial charge in [-0.2, -0.15) is 0 Å². The van der Waals surface area contributed by atoms with Crippen LogP contribution in [0.2, 0.25) is 0 Å². The summed E-state index contributed by atoms with van der Waals surface area (Å²) < 4.78 is 28.6. The number of sulfone groups is 1. The molecule has 1 heterocycles. The molecule has 0 unspecified atom stereocenters. The van der Waals surface area contributed by atoms with Crippen LogP contribution in [-0.2, 0) is 14.6 Å². The van der Waals surface area contributed by atoms with E-state index in [1.54, 1.807) is 6.26 Å². The molecule has 1 amide bonds. The summed E-state index contributed by atoms with van der Waals surface area (Å²) in [6, 6.07) is 3.90. The number of carbonyl (C=O) groups is 1. The van der Waals surface area contributed by atoms with Crippen LogP contribution in [0, 0.1) is 5.41 Å². The lowest BCUT2D eigenvalue weighted by Gasteiger charge is -2.29. The SMILES string of the molecule is C[C@@H](c1ccco1)N(C(=O)CC1(CS(C)(=O)=O)CC1)C1CC1. The largest absolute Gasteiger partial charge is 0.467 e. The van der Waals surface area contributed by atoms with E-state index in [2.05, 4.69) is 0 Å². The summed E-state index contributed by atoms with van der Waals surface area (Å²) >= 11 is 0. The van der Waals surface area contributed by atoms with E-state index >= 15 is 0 Å². The summed E-state index contributed by atoms with van der Waals surface area (Å²) in [7, 11) is -3.05. The molecule has 0 N–H and O–H groups in total. The highest BCUT2D eigenvalue weighted by atomic mass is 32.2. The highest BCUT2D eigenvalue weighted by Gasteiger charge is 2.49. The summed E-state index contributed by atoms with van der Waals surface area (Å²) in [4.78, 5) is 14.7. The normalized spacial score (nSPS) is 21.4. The van der Waals surface area contributed by atoms with Gasteiger partial charge in [-0.25, -0.2) is 8.42 Å². The van der Waals surface area contributed by atoms with Crippen LogP contribution in [0.3, 0.4) is 0 Å². The van der Waals surface area contributed by atoms with Gasteiger partial charge >= 0.3 is 0 Å². The first kappa shape index (κ1) is 15.6. The minimum Gasteiger partial charge on any atom is -0.467 e. The minimum atomic E-state index is -3.05. The average Bonchev–Trinajstić information content (AvgIpc) is 3.30. The van der Waals surface area contributed by atoms with Crippen LogP contribution in [0.25, 0.3) is 0 Å². The van der Waals surface area contributed by atoms with E-state index in [4.69, 9.17) is 4.42 Å². The molecule has 0 spiro atoms. The second kappa shape index (κ2) is 5.41. The van der Waals surface area contributed by atoms with Crippen LogP contribution < -0.4 is 0 Å². The standard InChI is InChI=1S/C16H23NO4S/c1-12(14-4-3-9-21-14)17(13-5-6-13)15(18)10-16(7-8-16)11-22(2,19)20/h3-4,9,12-13H,5-8,10-11H2,1-2H3/t12-/m0/s1. The third kappa shape index (κ3) is 3.54. The van der Waals surface area contributed by atoms with Crippen molar-refractivity contribution < 1.29 is 17.6 Å². The Bertz CT molecular complexity index is 642. The van der Waals surface area contributed by atoms with Crippen LogP contribution in [0.15, 0.2) is 22.8 Å². The Balaban J connectivity index is 1.71. The number of furan rings is 1. The molecule has 5 nitrogen and oxygen atoms in total. The van der Waals surface area contributed by atoms with Gasteiger partial charge in [-0.1, -0.05) is 0 Å². The Hall–Kier alpha value is -1.30. The highest BCUT2D eigenvalue weighted by Crippen LogP contribution is 2.51. The molecule has 0 saturated heterocycles. The maximum atomic E-state index is 12.8. The molecule has 0 aromatic carbocycles. The molecule has 22 heavy (non-hydrogen) atoms. The second-order valence-corrected chi connectivity index (χ2v) is 9.11. The van der Waals surface area contributed by atoms with Crippen molar-refractivity contribution in [2.24, 2.45) is 5.41 Å². The van der Waals surface area contributed by atoms with Gasteiger partial charge in [0.25, 0.3) is 0 Å². The van der Waals surface area contributed by atoms with E-state index in [-0.39, 0.29) is 29.2 Å². The molecule has 0 aliphatic heterocycles. The van der Waals surface area contributed by atoms with Gasteiger partial charge in [0.15, 0.2) is 0 Å². The Morgan fingerprint density at radius 3 is 2.59 bits per heavy atom. The lowest BCUT2D eigenvalue weighted by atomic mass is 10.0. The molecule has 1 atom stereocenters. The van der Waals surface area contributed by atoms with Crippen LogP contribution in [0.5, 0.6) is 0 Å². The zero-order valence-corrected chi connectivity index (χ0v) is 13.9. The van der Waals surface area contributed by atoms with E-state index in [1.165, 1.54) is 6.26 Å². The first-order valence-corrected chi connectivity index (χ1v) is 9.88. The van der Waals surface area contributed by atoms with Crippen molar-refractivity contribution in [2.75, 3.05) is 12.0 Å². The molecular formula is C16H23NO4S. The molecule has 0 radical (unpaired) electrons. The lowest BCUT2D eigenvalue weighted by Crippen LogP contribution is -2.37. The molecule has 2 aliphatic carbocycles. The monoisotopic (exact) mass is 325 g/mol. The summed E-state index contributed by atoms with van der Waals surface area (Å²) in [6.07, 6.45) is 6.92. The van der Waals surface area contributed by atoms with Crippen molar-refractivity contribution in [3.63, 3.8) is 0 Å². The molecule has 2 fully saturated rings. The molecule has 122 valence electrons. The van der Waals surface area contributed by atoms with Crippen molar-refractivity contribution in [3.8, 4) is 0 Å². The third-order valence-electron chi connectivity index (χ3n) is 4.65. The maximum Gasteiger partial charge on any atom is 0.224 e. The van der Waals surface area contributed by atoms with Gasteiger partial charge in [-0.15, -0.1) is 0 Å². The van der Waals surface area contributed by atoms with Gasteiger partial charge in [-0.3, -0.25) is 4.79 Å². The van der Waals surface area contributed by atoms with Gasteiger partial charge in [-0.05, 0) is 50.2 Å². The molecule has 3 rings (SSSR count). The summed E-state index contributed by atoms with van der Waals surface area (Å²) in [5.41, 5.74) is -0.319. The topological polar surface area (TPSA) is 67.6 Å².